The number of amides is 2. The first-order valence-corrected chi connectivity index (χ1v) is 18.0. The number of nitrogens with zero attached hydrogens (tertiary/aromatic N) is 4. The molecule has 2 aliphatic heterocycles. The Morgan fingerprint density at radius 1 is 1.06 bits per heavy atom. The van der Waals surface area contributed by atoms with E-state index in [0.717, 1.165) is 16.8 Å². The lowest BCUT2D eigenvalue weighted by Crippen LogP contribution is -2.63. The van der Waals surface area contributed by atoms with Gasteiger partial charge >= 0.3 is 6.18 Å². The molecule has 0 saturated carbocycles. The van der Waals surface area contributed by atoms with Crippen LogP contribution in [0.5, 0.6) is 5.75 Å². The molecule has 6 rings (SSSR count). The SMILES string of the molecule is CC(C)(c1cc(-c2cccnc2)[nH]n1)N1CCN(C[C@@H](O)C[C@@H](Cc2ccccc2)C(=O)N[C@H]2c3ccccc3OC[C@H]2O)[C@H](C(=O)NCC(F)(F)F)C1. The molecular formula is C39H46F3N7O5. The van der Waals surface area contributed by atoms with Crippen LogP contribution in [-0.2, 0) is 21.5 Å². The summed E-state index contributed by atoms with van der Waals surface area (Å²) in [6.45, 7) is 3.06. The van der Waals surface area contributed by atoms with Crippen molar-refractivity contribution < 1.29 is 37.7 Å². The number of aliphatic hydroxyl groups excluding tert-OH is 2. The number of alkyl halides is 3. The number of aromatic nitrogens is 3. The summed E-state index contributed by atoms with van der Waals surface area (Å²) in [6, 6.07) is 20.3. The van der Waals surface area contributed by atoms with Gasteiger partial charge in [-0.3, -0.25) is 29.5 Å². The molecule has 0 bridgehead atoms. The molecule has 5 N–H and O–H groups in total. The lowest BCUT2D eigenvalue weighted by atomic mass is 9.90. The number of para-hydroxylation sites is 1. The molecule has 1 saturated heterocycles. The summed E-state index contributed by atoms with van der Waals surface area (Å²) >= 11 is 0. The van der Waals surface area contributed by atoms with Gasteiger partial charge < -0.3 is 25.6 Å². The third kappa shape index (κ3) is 9.45. The fourth-order valence-corrected chi connectivity index (χ4v) is 7.22. The van der Waals surface area contributed by atoms with E-state index in [0.29, 0.717) is 23.6 Å². The van der Waals surface area contributed by atoms with E-state index >= 15 is 0 Å². The van der Waals surface area contributed by atoms with Crippen LogP contribution in [0.25, 0.3) is 11.3 Å². The van der Waals surface area contributed by atoms with Crippen LogP contribution in [0.1, 0.15) is 43.1 Å². The highest BCUT2D eigenvalue weighted by molar-refractivity contribution is 5.82. The average Bonchev–Trinajstić information content (AvgIpc) is 3.67. The Hall–Kier alpha value is -4.83. The number of fused-ring (bicyclic) bond motifs is 1. The van der Waals surface area contributed by atoms with Crippen LogP contribution in [0.3, 0.4) is 0 Å². The van der Waals surface area contributed by atoms with Crippen LogP contribution in [0.2, 0.25) is 0 Å². The van der Waals surface area contributed by atoms with Crippen molar-refractivity contribution in [1.82, 2.24) is 35.6 Å². The summed E-state index contributed by atoms with van der Waals surface area (Å²) < 4.78 is 45.3. The van der Waals surface area contributed by atoms with Crippen molar-refractivity contribution >= 4 is 11.8 Å². The van der Waals surface area contributed by atoms with Gasteiger partial charge in [0.25, 0.3) is 0 Å². The third-order valence-electron chi connectivity index (χ3n) is 10.3. The molecular weight excluding hydrogens is 703 g/mol. The van der Waals surface area contributed by atoms with E-state index in [2.05, 4.69) is 20.5 Å². The summed E-state index contributed by atoms with van der Waals surface area (Å²) in [5.74, 6) is -1.37. The van der Waals surface area contributed by atoms with Crippen molar-refractivity contribution in [1.29, 1.82) is 0 Å². The maximum Gasteiger partial charge on any atom is 0.405 e. The fraction of sp³-hybridized carbons (Fsp3) is 0.436. The highest BCUT2D eigenvalue weighted by Gasteiger charge is 2.42. The number of nitrogens with one attached hydrogen (secondary N) is 3. The lowest BCUT2D eigenvalue weighted by Gasteiger charge is -2.47. The minimum atomic E-state index is -4.61. The average molecular weight is 750 g/mol. The number of halogens is 3. The maximum absolute atomic E-state index is 14.0. The Morgan fingerprint density at radius 3 is 2.56 bits per heavy atom. The number of ether oxygens (including phenoxy) is 1. The van der Waals surface area contributed by atoms with Gasteiger partial charge in [-0.15, -0.1) is 0 Å². The van der Waals surface area contributed by atoms with E-state index in [4.69, 9.17) is 4.74 Å². The Labute approximate surface area is 311 Å². The molecule has 4 aromatic rings. The van der Waals surface area contributed by atoms with Gasteiger partial charge in [-0.25, -0.2) is 0 Å². The first-order chi connectivity index (χ1) is 25.8. The van der Waals surface area contributed by atoms with Gasteiger partial charge in [0.2, 0.25) is 11.8 Å². The zero-order valence-electron chi connectivity index (χ0n) is 30.2. The molecule has 54 heavy (non-hydrogen) atoms. The van der Waals surface area contributed by atoms with Crippen molar-refractivity contribution in [3.05, 3.63) is 102 Å². The number of benzene rings is 2. The molecule has 2 amide bonds. The number of aromatic amines is 1. The molecule has 0 unspecified atom stereocenters. The number of H-pyrrole nitrogens is 1. The minimum absolute atomic E-state index is 0.000325. The number of pyridine rings is 1. The van der Waals surface area contributed by atoms with Gasteiger partial charge in [0.1, 0.15) is 31.0 Å². The zero-order valence-corrected chi connectivity index (χ0v) is 30.2. The first kappa shape index (κ1) is 38.9. The number of hydrogen-bond donors (Lipinski definition) is 5. The van der Waals surface area contributed by atoms with E-state index in [9.17, 15) is 33.0 Å². The molecule has 0 radical (unpaired) electrons. The summed E-state index contributed by atoms with van der Waals surface area (Å²) in [6.07, 6.45) is -3.07. The van der Waals surface area contributed by atoms with Crippen LogP contribution in [-0.4, -0.2) is 111 Å². The normalized spacial score (nSPS) is 20.7. The largest absolute Gasteiger partial charge is 0.490 e. The van der Waals surface area contributed by atoms with Crippen LogP contribution < -0.4 is 15.4 Å². The fourth-order valence-electron chi connectivity index (χ4n) is 7.22. The number of β-amino-alcohol motifs (C(OH)–C–C–N with tert-alkyl or cyclic N) is 1. The van der Waals surface area contributed by atoms with Gasteiger partial charge in [0.05, 0.1) is 29.1 Å². The van der Waals surface area contributed by atoms with Crippen LogP contribution >= 0.6 is 0 Å². The Morgan fingerprint density at radius 2 is 1.81 bits per heavy atom. The van der Waals surface area contributed by atoms with Crippen molar-refractivity contribution in [3.8, 4) is 17.0 Å². The molecule has 5 atom stereocenters. The second-order valence-electron chi connectivity index (χ2n) is 14.4. The summed E-state index contributed by atoms with van der Waals surface area (Å²) in [5.41, 5.74) is 3.04. The molecule has 15 heteroatoms. The molecule has 0 spiro atoms. The molecule has 2 aliphatic rings. The molecule has 4 heterocycles. The van der Waals surface area contributed by atoms with E-state index < -0.39 is 54.4 Å². The van der Waals surface area contributed by atoms with Crippen LogP contribution in [0, 0.1) is 5.92 Å². The number of rotatable bonds is 13. The van der Waals surface area contributed by atoms with Crippen molar-refractivity contribution in [2.45, 2.75) is 62.7 Å². The number of carbonyl (C=O) groups is 2. The number of aliphatic hydroxyl groups is 2. The number of piperazine rings is 1. The topological polar surface area (TPSA) is 156 Å². The zero-order chi connectivity index (χ0) is 38.5. The second kappa shape index (κ2) is 16.7. The maximum atomic E-state index is 14.0. The van der Waals surface area contributed by atoms with Gasteiger partial charge in [-0.05, 0) is 56.5 Å². The number of carbonyl (C=O) groups excluding carboxylic acids is 2. The Balaban J connectivity index is 1.18. The quantitative estimate of drug-likeness (QED) is 0.138. The monoisotopic (exact) mass is 749 g/mol. The van der Waals surface area contributed by atoms with E-state index in [-0.39, 0.29) is 45.0 Å². The minimum Gasteiger partial charge on any atom is -0.490 e. The molecule has 1 fully saturated rings. The smallest absolute Gasteiger partial charge is 0.405 e. The first-order valence-electron chi connectivity index (χ1n) is 18.0. The van der Waals surface area contributed by atoms with Crippen LogP contribution in [0.4, 0.5) is 13.2 Å². The standard InChI is InChI=1S/C39H46F3N7O5/c1-38(2,34-19-30(46-47-34)26-11-8-14-43-20-26)49-16-15-48(31(22-49)37(53)44-24-39(40,41)42)21-28(50)18-27(17-25-9-4-3-5-10-25)36(52)45-35-29-12-6-7-13-33(29)54-23-32(35)51/h3-14,19-20,27-28,31-32,35,50-51H,15-18,21-24H2,1-2H3,(H,44,53)(H,45,52)(H,46,47)/t27-,28+,31+,32-,35+/m1/s1. The summed E-state index contributed by atoms with van der Waals surface area (Å²) in [4.78, 5) is 35.3. The van der Waals surface area contributed by atoms with Gasteiger partial charge in [0.15, 0.2) is 0 Å². The highest BCUT2D eigenvalue weighted by atomic mass is 19.4. The van der Waals surface area contributed by atoms with Gasteiger partial charge in [0, 0.05) is 55.6 Å². The van der Waals surface area contributed by atoms with E-state index in [1.54, 1.807) is 41.6 Å². The molecule has 2 aromatic carbocycles. The molecule has 288 valence electrons. The predicted molar refractivity (Wildman–Crippen MR) is 194 cm³/mol. The third-order valence-corrected chi connectivity index (χ3v) is 10.3. The van der Waals surface area contributed by atoms with Crippen molar-refractivity contribution in [3.63, 3.8) is 0 Å². The van der Waals surface area contributed by atoms with Crippen LogP contribution in [0.15, 0.2) is 85.2 Å². The predicted octanol–water partition coefficient (Wildman–Crippen LogP) is 3.59. The number of hydrogen-bond acceptors (Lipinski definition) is 9. The van der Waals surface area contributed by atoms with E-state index in [1.807, 2.05) is 72.6 Å². The van der Waals surface area contributed by atoms with Gasteiger partial charge in [-0.1, -0.05) is 48.5 Å². The molecule has 0 aliphatic carbocycles. The summed E-state index contributed by atoms with van der Waals surface area (Å²) in [5, 5.41) is 34.9. The highest BCUT2D eigenvalue weighted by Crippen LogP contribution is 2.34. The van der Waals surface area contributed by atoms with Gasteiger partial charge in [-0.2, -0.15) is 18.3 Å². The second-order valence-corrected chi connectivity index (χ2v) is 14.4. The Kier molecular flexibility index (Phi) is 12.0. The molecule has 12 nitrogen and oxygen atoms in total. The Bertz CT molecular complexity index is 1860. The molecule has 2 aromatic heterocycles. The van der Waals surface area contributed by atoms with E-state index in [1.165, 1.54) is 0 Å². The van der Waals surface area contributed by atoms with Crippen molar-refractivity contribution in [2.24, 2.45) is 5.92 Å². The lowest BCUT2D eigenvalue weighted by molar-refractivity contribution is -0.144. The summed E-state index contributed by atoms with van der Waals surface area (Å²) in [7, 11) is 0. The van der Waals surface area contributed by atoms with Crippen molar-refractivity contribution in [2.75, 3.05) is 39.3 Å².